The van der Waals surface area contributed by atoms with E-state index < -0.39 is 0 Å². The molecule has 0 saturated carbocycles. The van der Waals surface area contributed by atoms with Crippen molar-refractivity contribution >= 4 is 16.5 Å². The van der Waals surface area contributed by atoms with Crippen molar-refractivity contribution in [3.8, 4) is 11.5 Å². The Hall–Kier alpha value is -1.47. The normalized spacial score (nSPS) is 28.2. The molecule has 0 amide bonds. The lowest BCUT2D eigenvalue weighted by atomic mass is 9.89. The summed E-state index contributed by atoms with van der Waals surface area (Å²) in [4.78, 5) is 4.59. The molecule has 2 aliphatic rings. The van der Waals surface area contributed by atoms with E-state index in [9.17, 15) is 0 Å². The van der Waals surface area contributed by atoms with Crippen molar-refractivity contribution in [3.05, 3.63) is 11.5 Å². The van der Waals surface area contributed by atoms with Crippen molar-refractivity contribution in [2.45, 2.75) is 44.3 Å². The van der Waals surface area contributed by atoms with Gasteiger partial charge in [0.1, 0.15) is 5.00 Å². The molecule has 0 spiro atoms. The molecule has 20 heavy (non-hydrogen) atoms. The van der Waals surface area contributed by atoms with Gasteiger partial charge >= 0.3 is 0 Å². The molecule has 3 unspecified atom stereocenters. The molecular formula is C13H16N4O2S. The van der Waals surface area contributed by atoms with E-state index in [2.05, 4.69) is 19.8 Å². The monoisotopic (exact) mass is 292 g/mol. The number of ether oxygens (including phenoxy) is 1. The largest absolute Gasteiger partial charge is 0.378 e. The van der Waals surface area contributed by atoms with E-state index in [0.29, 0.717) is 12.0 Å². The zero-order valence-corrected chi connectivity index (χ0v) is 12.2. The summed E-state index contributed by atoms with van der Waals surface area (Å²) in [5, 5.41) is 8.26. The summed E-state index contributed by atoms with van der Waals surface area (Å²) < 4.78 is 15.7. The van der Waals surface area contributed by atoms with Crippen LogP contribution in [-0.4, -0.2) is 33.8 Å². The maximum Gasteiger partial charge on any atom is 0.262 e. The van der Waals surface area contributed by atoms with Crippen LogP contribution in [0, 0.1) is 6.92 Å². The van der Waals surface area contributed by atoms with E-state index in [0.717, 1.165) is 34.9 Å². The number of anilines is 1. The van der Waals surface area contributed by atoms with Crippen LogP contribution < -0.4 is 5.32 Å². The van der Waals surface area contributed by atoms with Crippen LogP contribution in [0.1, 0.15) is 36.7 Å². The average Bonchev–Trinajstić information content (AvgIpc) is 3.21. The van der Waals surface area contributed by atoms with Crippen molar-refractivity contribution in [1.82, 2.24) is 14.5 Å². The number of aromatic nitrogens is 3. The molecule has 6 nitrogen and oxygen atoms in total. The summed E-state index contributed by atoms with van der Waals surface area (Å²) in [6.45, 7) is 1.96. The third kappa shape index (κ3) is 1.76. The predicted molar refractivity (Wildman–Crippen MR) is 74.9 cm³/mol. The zero-order valence-electron chi connectivity index (χ0n) is 11.4. The van der Waals surface area contributed by atoms with Gasteiger partial charge < -0.3 is 14.6 Å². The van der Waals surface area contributed by atoms with Gasteiger partial charge in [-0.2, -0.15) is 9.36 Å². The number of nitrogens with zero attached hydrogens (tertiary/aromatic N) is 3. The minimum absolute atomic E-state index is 0.274. The van der Waals surface area contributed by atoms with E-state index in [1.807, 2.05) is 14.0 Å². The van der Waals surface area contributed by atoms with Crippen LogP contribution in [0.15, 0.2) is 4.52 Å². The van der Waals surface area contributed by atoms with Crippen LogP contribution in [0.25, 0.3) is 11.5 Å². The Bertz CT molecular complexity index is 638. The van der Waals surface area contributed by atoms with Gasteiger partial charge in [-0.3, -0.25) is 0 Å². The van der Waals surface area contributed by atoms with Crippen LogP contribution in [0.5, 0.6) is 0 Å². The molecule has 2 saturated heterocycles. The first-order valence-electron chi connectivity index (χ1n) is 6.89. The fraction of sp³-hybridized carbons (Fsp3) is 0.615. The van der Waals surface area contributed by atoms with Crippen LogP contribution >= 0.6 is 11.5 Å². The molecule has 0 aliphatic carbocycles. The van der Waals surface area contributed by atoms with Crippen LogP contribution in [0.3, 0.4) is 0 Å². The highest BCUT2D eigenvalue weighted by molar-refractivity contribution is 7.10. The molecule has 2 fully saturated rings. The van der Waals surface area contributed by atoms with Crippen molar-refractivity contribution in [1.29, 1.82) is 0 Å². The summed E-state index contributed by atoms with van der Waals surface area (Å²) in [6.07, 6.45) is 3.97. The van der Waals surface area contributed by atoms with Gasteiger partial charge in [0.05, 0.1) is 29.4 Å². The lowest BCUT2D eigenvalue weighted by Crippen LogP contribution is -2.15. The van der Waals surface area contributed by atoms with Gasteiger partial charge in [-0.25, -0.2) is 0 Å². The fourth-order valence-electron chi connectivity index (χ4n) is 3.19. The zero-order chi connectivity index (χ0) is 13.7. The van der Waals surface area contributed by atoms with Gasteiger partial charge in [-0.15, -0.1) is 0 Å². The smallest absolute Gasteiger partial charge is 0.262 e. The minimum Gasteiger partial charge on any atom is -0.378 e. The molecule has 4 rings (SSSR count). The van der Waals surface area contributed by atoms with E-state index in [-0.39, 0.29) is 12.0 Å². The molecule has 106 valence electrons. The maximum absolute atomic E-state index is 5.86. The van der Waals surface area contributed by atoms with E-state index >= 15 is 0 Å². The lowest BCUT2D eigenvalue weighted by Gasteiger charge is -2.13. The van der Waals surface area contributed by atoms with Gasteiger partial charge in [-0.05, 0) is 37.7 Å². The maximum atomic E-state index is 5.86. The first kappa shape index (κ1) is 12.3. The van der Waals surface area contributed by atoms with Crippen LogP contribution in [-0.2, 0) is 4.74 Å². The van der Waals surface area contributed by atoms with E-state index in [1.54, 1.807) is 0 Å². The average molecular weight is 292 g/mol. The number of hydrogen-bond donors (Lipinski definition) is 1. The fourth-order valence-corrected chi connectivity index (χ4v) is 3.93. The molecule has 1 N–H and O–H groups in total. The van der Waals surface area contributed by atoms with Crippen molar-refractivity contribution in [3.63, 3.8) is 0 Å². The number of hydrogen-bond acceptors (Lipinski definition) is 7. The molecule has 2 aromatic heterocycles. The first-order chi connectivity index (χ1) is 9.76. The van der Waals surface area contributed by atoms with Gasteiger partial charge in [0, 0.05) is 7.05 Å². The Kier molecular flexibility index (Phi) is 2.78. The Morgan fingerprint density at radius 1 is 1.35 bits per heavy atom. The van der Waals surface area contributed by atoms with Gasteiger partial charge in [0.2, 0.25) is 0 Å². The summed E-state index contributed by atoms with van der Waals surface area (Å²) in [7, 11) is 1.87. The second kappa shape index (κ2) is 4.53. The molecule has 0 aromatic carbocycles. The number of fused-ring (bicyclic) bond motifs is 2. The van der Waals surface area contributed by atoms with Gasteiger partial charge in [0.25, 0.3) is 5.89 Å². The summed E-state index contributed by atoms with van der Waals surface area (Å²) >= 11 is 1.41. The molecular weight excluding hydrogens is 276 g/mol. The minimum atomic E-state index is 0.274. The quantitative estimate of drug-likeness (QED) is 0.937. The Labute approximate surface area is 120 Å². The van der Waals surface area contributed by atoms with Crippen LogP contribution in [0.4, 0.5) is 5.00 Å². The molecule has 2 aromatic rings. The molecule has 3 atom stereocenters. The van der Waals surface area contributed by atoms with Crippen molar-refractivity contribution in [2.24, 2.45) is 0 Å². The number of rotatable bonds is 3. The standard InChI is InChI=1S/C13H16N4O2S/c1-6-10(13(14-2)20-17-6)12-15-11(16-19-12)8-5-7-3-4-9(8)18-7/h7-9,14H,3-5H2,1-2H3. The first-order valence-corrected chi connectivity index (χ1v) is 7.67. The Morgan fingerprint density at radius 2 is 2.25 bits per heavy atom. The number of nitrogens with one attached hydrogen (secondary N) is 1. The third-order valence-electron chi connectivity index (χ3n) is 4.18. The van der Waals surface area contributed by atoms with E-state index in [4.69, 9.17) is 9.26 Å². The van der Waals surface area contributed by atoms with E-state index in [1.165, 1.54) is 18.0 Å². The molecule has 0 radical (unpaired) electrons. The SMILES string of the molecule is CNc1snc(C)c1-c1nc(C2CC3CCC2O3)no1. The third-order valence-corrected chi connectivity index (χ3v) is 5.14. The highest BCUT2D eigenvalue weighted by atomic mass is 32.1. The Morgan fingerprint density at radius 3 is 2.95 bits per heavy atom. The summed E-state index contributed by atoms with van der Waals surface area (Å²) in [5.41, 5.74) is 1.83. The van der Waals surface area contributed by atoms with Crippen molar-refractivity contribution in [2.75, 3.05) is 12.4 Å². The van der Waals surface area contributed by atoms with Crippen molar-refractivity contribution < 1.29 is 9.26 Å². The highest BCUT2D eigenvalue weighted by Gasteiger charge is 2.43. The van der Waals surface area contributed by atoms with Gasteiger partial charge in [0.15, 0.2) is 5.82 Å². The summed E-state index contributed by atoms with van der Waals surface area (Å²) in [6, 6.07) is 0. The second-order valence-corrected chi connectivity index (χ2v) is 6.17. The molecule has 2 aliphatic heterocycles. The molecule has 2 bridgehead atoms. The predicted octanol–water partition coefficient (Wildman–Crippen LogP) is 2.58. The number of aryl methyl sites for hydroxylation is 1. The van der Waals surface area contributed by atoms with Gasteiger partial charge in [-0.1, -0.05) is 5.16 Å². The topological polar surface area (TPSA) is 73.1 Å². The lowest BCUT2D eigenvalue weighted by molar-refractivity contribution is 0.0996. The highest BCUT2D eigenvalue weighted by Crippen LogP contribution is 2.44. The molecule has 7 heteroatoms. The Balaban J connectivity index is 1.66. The van der Waals surface area contributed by atoms with Crippen LogP contribution in [0.2, 0.25) is 0 Å². The molecule has 4 heterocycles. The second-order valence-electron chi connectivity index (χ2n) is 5.40. The summed E-state index contributed by atoms with van der Waals surface area (Å²) in [5.74, 6) is 1.62.